The lowest BCUT2D eigenvalue weighted by Crippen LogP contribution is -2.47. The van der Waals surface area contributed by atoms with Gasteiger partial charge in [0.1, 0.15) is 0 Å². The zero-order valence-electron chi connectivity index (χ0n) is 13.1. The second-order valence-corrected chi connectivity index (χ2v) is 7.42. The van der Waals surface area contributed by atoms with Gasteiger partial charge in [-0.15, -0.1) is 0 Å². The van der Waals surface area contributed by atoms with Gasteiger partial charge in [-0.3, -0.25) is 4.90 Å². The van der Waals surface area contributed by atoms with Crippen molar-refractivity contribution in [3.63, 3.8) is 0 Å². The SMILES string of the molecule is CC(C)NCc1ccc(N2CCN(C3CC3)CC2)cc1Br. The summed E-state index contributed by atoms with van der Waals surface area (Å²) in [7, 11) is 0. The minimum atomic E-state index is 0.520. The van der Waals surface area contributed by atoms with E-state index in [1.54, 1.807) is 0 Å². The Kier molecular flexibility index (Phi) is 4.87. The van der Waals surface area contributed by atoms with E-state index in [9.17, 15) is 0 Å². The first kappa shape index (κ1) is 15.3. The number of hydrogen-bond donors (Lipinski definition) is 1. The summed E-state index contributed by atoms with van der Waals surface area (Å²) in [6.45, 7) is 10.0. The standard InChI is InChI=1S/C17H26BrN3/c1-13(2)19-12-14-3-4-16(11-17(14)18)21-9-7-20(8-10-21)15-5-6-15/h3-4,11,13,15,19H,5-10,12H2,1-2H3. The Balaban J connectivity index is 1.59. The van der Waals surface area contributed by atoms with Crippen molar-refractivity contribution < 1.29 is 0 Å². The normalized spacial score (nSPS) is 20.3. The summed E-state index contributed by atoms with van der Waals surface area (Å²) in [6, 6.07) is 8.23. The van der Waals surface area contributed by atoms with E-state index in [4.69, 9.17) is 0 Å². The molecule has 0 unspecified atom stereocenters. The smallest absolute Gasteiger partial charge is 0.0378 e. The number of hydrogen-bond acceptors (Lipinski definition) is 3. The van der Waals surface area contributed by atoms with Gasteiger partial charge in [-0.2, -0.15) is 0 Å². The molecule has 0 amide bonds. The highest BCUT2D eigenvalue weighted by molar-refractivity contribution is 9.10. The van der Waals surface area contributed by atoms with Gasteiger partial charge in [0.2, 0.25) is 0 Å². The Hall–Kier alpha value is -0.580. The molecule has 0 atom stereocenters. The second kappa shape index (κ2) is 6.67. The zero-order valence-corrected chi connectivity index (χ0v) is 14.7. The van der Waals surface area contributed by atoms with E-state index < -0.39 is 0 Å². The molecule has 4 heteroatoms. The fourth-order valence-electron chi connectivity index (χ4n) is 2.98. The predicted molar refractivity (Wildman–Crippen MR) is 92.9 cm³/mol. The molecule has 0 bridgehead atoms. The molecule has 3 rings (SSSR count). The first-order chi connectivity index (χ1) is 10.1. The van der Waals surface area contributed by atoms with Crippen LogP contribution < -0.4 is 10.2 Å². The molecule has 2 aliphatic rings. The number of piperazine rings is 1. The van der Waals surface area contributed by atoms with Gasteiger partial charge in [-0.05, 0) is 30.5 Å². The lowest BCUT2D eigenvalue weighted by molar-refractivity contribution is 0.248. The maximum absolute atomic E-state index is 3.73. The van der Waals surface area contributed by atoms with Crippen LogP contribution in [0.5, 0.6) is 0 Å². The predicted octanol–water partition coefficient (Wildman–Crippen LogP) is 3.23. The van der Waals surface area contributed by atoms with Gasteiger partial charge in [0.15, 0.2) is 0 Å². The van der Waals surface area contributed by atoms with Crippen molar-refractivity contribution in [1.29, 1.82) is 0 Å². The van der Waals surface area contributed by atoms with Crippen LogP contribution in [0.3, 0.4) is 0 Å². The zero-order chi connectivity index (χ0) is 14.8. The van der Waals surface area contributed by atoms with Crippen molar-refractivity contribution in [1.82, 2.24) is 10.2 Å². The molecule has 1 heterocycles. The maximum atomic E-state index is 3.73. The van der Waals surface area contributed by atoms with Crippen LogP contribution in [-0.2, 0) is 6.54 Å². The van der Waals surface area contributed by atoms with Crippen LogP contribution in [0.1, 0.15) is 32.3 Å². The highest BCUT2D eigenvalue weighted by Crippen LogP contribution is 2.29. The van der Waals surface area contributed by atoms with Crippen molar-refractivity contribution in [3.05, 3.63) is 28.2 Å². The van der Waals surface area contributed by atoms with Crippen LogP contribution in [0.15, 0.2) is 22.7 Å². The number of anilines is 1. The largest absolute Gasteiger partial charge is 0.369 e. The van der Waals surface area contributed by atoms with Crippen LogP contribution in [0, 0.1) is 0 Å². The third-order valence-electron chi connectivity index (χ3n) is 4.48. The molecule has 1 aliphatic heterocycles. The van der Waals surface area contributed by atoms with Gasteiger partial charge in [0.25, 0.3) is 0 Å². The number of nitrogens with zero attached hydrogens (tertiary/aromatic N) is 2. The quantitative estimate of drug-likeness (QED) is 0.878. The molecule has 0 spiro atoms. The summed E-state index contributed by atoms with van der Waals surface area (Å²) >= 11 is 3.73. The molecule has 1 aromatic rings. The highest BCUT2D eigenvalue weighted by Gasteiger charge is 2.31. The number of halogens is 1. The Morgan fingerprint density at radius 3 is 2.48 bits per heavy atom. The summed E-state index contributed by atoms with van der Waals surface area (Å²) in [5, 5.41) is 3.48. The average Bonchev–Trinajstić information content (AvgIpc) is 3.30. The summed E-state index contributed by atoms with van der Waals surface area (Å²) in [5.74, 6) is 0. The minimum absolute atomic E-state index is 0.520. The fourth-order valence-corrected chi connectivity index (χ4v) is 3.48. The molecule has 1 N–H and O–H groups in total. The van der Waals surface area contributed by atoms with Crippen LogP contribution in [0.2, 0.25) is 0 Å². The van der Waals surface area contributed by atoms with Crippen LogP contribution >= 0.6 is 15.9 Å². The van der Waals surface area contributed by atoms with E-state index in [0.29, 0.717) is 6.04 Å². The molecule has 1 saturated carbocycles. The summed E-state index contributed by atoms with van der Waals surface area (Å²) in [4.78, 5) is 5.18. The van der Waals surface area contributed by atoms with Crippen molar-refractivity contribution >= 4 is 21.6 Å². The number of benzene rings is 1. The van der Waals surface area contributed by atoms with Gasteiger partial charge in [-0.1, -0.05) is 35.8 Å². The molecule has 21 heavy (non-hydrogen) atoms. The molecule has 0 aromatic heterocycles. The molecule has 1 aromatic carbocycles. The Morgan fingerprint density at radius 1 is 1.19 bits per heavy atom. The lowest BCUT2D eigenvalue weighted by Gasteiger charge is -2.36. The van der Waals surface area contributed by atoms with E-state index in [-0.39, 0.29) is 0 Å². The van der Waals surface area contributed by atoms with E-state index in [1.165, 1.54) is 41.7 Å². The van der Waals surface area contributed by atoms with Gasteiger partial charge in [-0.25, -0.2) is 0 Å². The monoisotopic (exact) mass is 351 g/mol. The number of rotatable bonds is 5. The van der Waals surface area contributed by atoms with Gasteiger partial charge >= 0.3 is 0 Å². The highest BCUT2D eigenvalue weighted by atomic mass is 79.9. The summed E-state index contributed by atoms with van der Waals surface area (Å²) in [6.07, 6.45) is 2.84. The van der Waals surface area contributed by atoms with Crippen LogP contribution in [0.25, 0.3) is 0 Å². The van der Waals surface area contributed by atoms with E-state index in [2.05, 4.69) is 63.1 Å². The minimum Gasteiger partial charge on any atom is -0.369 e. The molecular formula is C17H26BrN3. The van der Waals surface area contributed by atoms with Crippen LogP contribution in [-0.4, -0.2) is 43.2 Å². The van der Waals surface area contributed by atoms with Gasteiger partial charge in [0, 0.05) is 55.0 Å². The van der Waals surface area contributed by atoms with Crippen molar-refractivity contribution in [2.75, 3.05) is 31.1 Å². The first-order valence-corrected chi connectivity index (χ1v) is 8.93. The van der Waals surface area contributed by atoms with Crippen LogP contribution in [0.4, 0.5) is 5.69 Å². The summed E-state index contributed by atoms with van der Waals surface area (Å²) in [5.41, 5.74) is 2.69. The Bertz CT molecular complexity index is 477. The Morgan fingerprint density at radius 2 is 1.90 bits per heavy atom. The first-order valence-electron chi connectivity index (χ1n) is 8.14. The van der Waals surface area contributed by atoms with Crippen molar-refractivity contribution in [2.24, 2.45) is 0 Å². The third kappa shape index (κ3) is 3.99. The van der Waals surface area contributed by atoms with E-state index >= 15 is 0 Å². The lowest BCUT2D eigenvalue weighted by atomic mass is 10.1. The van der Waals surface area contributed by atoms with Gasteiger partial charge in [0.05, 0.1) is 0 Å². The van der Waals surface area contributed by atoms with E-state index in [0.717, 1.165) is 25.7 Å². The molecule has 0 radical (unpaired) electrons. The average molecular weight is 352 g/mol. The third-order valence-corrected chi connectivity index (χ3v) is 5.22. The molecule has 1 aliphatic carbocycles. The topological polar surface area (TPSA) is 18.5 Å². The Labute approximate surface area is 136 Å². The molecular weight excluding hydrogens is 326 g/mol. The maximum Gasteiger partial charge on any atom is 0.0378 e. The van der Waals surface area contributed by atoms with E-state index in [1.807, 2.05) is 0 Å². The number of nitrogens with one attached hydrogen (secondary N) is 1. The van der Waals surface area contributed by atoms with Crippen molar-refractivity contribution in [2.45, 2.75) is 45.3 Å². The van der Waals surface area contributed by atoms with Crippen molar-refractivity contribution in [3.8, 4) is 0 Å². The molecule has 2 fully saturated rings. The fraction of sp³-hybridized carbons (Fsp3) is 0.647. The molecule has 116 valence electrons. The molecule has 1 saturated heterocycles. The summed E-state index contributed by atoms with van der Waals surface area (Å²) < 4.78 is 1.22. The molecule has 3 nitrogen and oxygen atoms in total. The van der Waals surface area contributed by atoms with Gasteiger partial charge < -0.3 is 10.2 Å². The second-order valence-electron chi connectivity index (χ2n) is 6.57.